The molecule has 20 heavy (non-hydrogen) atoms. The summed E-state index contributed by atoms with van der Waals surface area (Å²) in [5, 5.41) is 0. The zero-order valence-corrected chi connectivity index (χ0v) is 13.7. The second kappa shape index (κ2) is 7.23. The zero-order valence-electron chi connectivity index (χ0n) is 12.1. The molecule has 1 heterocycles. The lowest BCUT2D eigenvalue weighted by Gasteiger charge is -2.32. The van der Waals surface area contributed by atoms with Crippen molar-refractivity contribution in [2.75, 3.05) is 19.8 Å². The van der Waals surface area contributed by atoms with Gasteiger partial charge in [0.2, 0.25) is 5.91 Å². The molecule has 0 bridgehead atoms. The molecule has 0 N–H and O–H groups in total. The van der Waals surface area contributed by atoms with E-state index in [9.17, 15) is 4.79 Å². The Labute approximate surface area is 129 Å². The first kappa shape index (κ1) is 15.5. The van der Waals surface area contributed by atoms with E-state index in [0.29, 0.717) is 13.2 Å². The van der Waals surface area contributed by atoms with Crippen molar-refractivity contribution in [2.24, 2.45) is 5.92 Å². The van der Waals surface area contributed by atoms with Crippen LogP contribution in [-0.2, 0) is 9.53 Å². The third-order valence-corrected chi connectivity index (χ3v) is 4.57. The van der Waals surface area contributed by atoms with Gasteiger partial charge in [-0.2, -0.15) is 0 Å². The average molecular weight is 340 g/mol. The van der Waals surface area contributed by atoms with Crippen molar-refractivity contribution < 1.29 is 9.53 Å². The first-order chi connectivity index (χ1) is 9.65. The molecule has 2 atom stereocenters. The van der Waals surface area contributed by atoms with Crippen LogP contribution in [0.2, 0.25) is 0 Å². The maximum atomic E-state index is 12.7. The molecule has 0 aromatic heterocycles. The van der Waals surface area contributed by atoms with Gasteiger partial charge in [0.25, 0.3) is 0 Å². The third-order valence-electron chi connectivity index (χ3n) is 3.85. The highest BCUT2D eigenvalue weighted by atomic mass is 79.9. The summed E-state index contributed by atoms with van der Waals surface area (Å²) in [7, 11) is 0. The van der Waals surface area contributed by atoms with Crippen LogP contribution in [-0.4, -0.2) is 30.6 Å². The summed E-state index contributed by atoms with van der Waals surface area (Å²) in [6, 6.07) is 8.20. The zero-order chi connectivity index (χ0) is 14.5. The lowest BCUT2D eigenvalue weighted by molar-refractivity contribution is -0.137. The molecule has 1 saturated heterocycles. The molecule has 0 spiro atoms. The van der Waals surface area contributed by atoms with Gasteiger partial charge in [-0.1, -0.05) is 41.1 Å². The van der Waals surface area contributed by atoms with E-state index >= 15 is 0 Å². The summed E-state index contributed by atoms with van der Waals surface area (Å²) < 4.78 is 6.42. The first-order valence-electron chi connectivity index (χ1n) is 7.27. The summed E-state index contributed by atoms with van der Waals surface area (Å²) in [6.07, 6.45) is 1.82. The number of carbonyl (C=O) groups is 1. The van der Waals surface area contributed by atoms with Crippen molar-refractivity contribution in [1.82, 2.24) is 4.90 Å². The Kier molecular flexibility index (Phi) is 5.61. The molecule has 4 heteroatoms. The largest absolute Gasteiger partial charge is 0.381 e. The number of nitrogens with zero attached hydrogens (tertiary/aromatic N) is 1. The summed E-state index contributed by atoms with van der Waals surface area (Å²) in [5.74, 6) is 0.263. The highest BCUT2D eigenvalue weighted by Crippen LogP contribution is 2.29. The first-order valence-corrected chi connectivity index (χ1v) is 8.07. The maximum Gasteiger partial charge on any atom is 0.228 e. The van der Waals surface area contributed by atoms with E-state index in [0.717, 1.165) is 29.4 Å². The summed E-state index contributed by atoms with van der Waals surface area (Å²) in [5.41, 5.74) is 1.16. The van der Waals surface area contributed by atoms with E-state index in [-0.39, 0.29) is 17.9 Å². The Bertz CT molecular complexity index is 458. The van der Waals surface area contributed by atoms with E-state index in [4.69, 9.17) is 4.74 Å². The molecular formula is C16H22BrNO2. The van der Waals surface area contributed by atoms with Crippen LogP contribution in [0.4, 0.5) is 0 Å². The Balaban J connectivity index is 2.19. The third kappa shape index (κ3) is 3.41. The van der Waals surface area contributed by atoms with Crippen molar-refractivity contribution >= 4 is 21.8 Å². The number of amides is 1. The number of carbonyl (C=O) groups excluding carboxylic acids is 1. The summed E-state index contributed by atoms with van der Waals surface area (Å²) in [4.78, 5) is 14.7. The Hall–Kier alpha value is -0.870. The van der Waals surface area contributed by atoms with Gasteiger partial charge >= 0.3 is 0 Å². The fourth-order valence-electron chi connectivity index (χ4n) is 2.68. The van der Waals surface area contributed by atoms with E-state index in [1.54, 1.807) is 0 Å². The van der Waals surface area contributed by atoms with Gasteiger partial charge in [0.1, 0.15) is 0 Å². The molecule has 3 nitrogen and oxygen atoms in total. The highest BCUT2D eigenvalue weighted by Gasteiger charge is 2.31. The topological polar surface area (TPSA) is 29.5 Å². The smallest absolute Gasteiger partial charge is 0.228 e. The number of ether oxygens (including phenoxy) is 1. The van der Waals surface area contributed by atoms with Crippen molar-refractivity contribution in [3.05, 3.63) is 34.3 Å². The van der Waals surface area contributed by atoms with Crippen molar-refractivity contribution in [1.29, 1.82) is 0 Å². The molecule has 0 radical (unpaired) electrons. The predicted molar refractivity (Wildman–Crippen MR) is 83.5 cm³/mol. The molecule has 1 aromatic carbocycles. The minimum Gasteiger partial charge on any atom is -0.381 e. The van der Waals surface area contributed by atoms with Crippen LogP contribution in [0, 0.1) is 5.92 Å². The molecule has 1 fully saturated rings. The lowest BCUT2D eigenvalue weighted by atomic mass is 10.0. The van der Waals surface area contributed by atoms with Crippen LogP contribution >= 0.6 is 15.9 Å². The van der Waals surface area contributed by atoms with Crippen LogP contribution in [0.5, 0.6) is 0 Å². The Morgan fingerprint density at radius 3 is 2.85 bits per heavy atom. The summed E-state index contributed by atoms with van der Waals surface area (Å²) >= 11 is 3.59. The van der Waals surface area contributed by atoms with Gasteiger partial charge < -0.3 is 9.64 Å². The van der Waals surface area contributed by atoms with Crippen LogP contribution < -0.4 is 0 Å². The van der Waals surface area contributed by atoms with Gasteiger partial charge in [0.05, 0.1) is 18.6 Å². The Morgan fingerprint density at radius 1 is 1.50 bits per heavy atom. The fraction of sp³-hybridized carbons (Fsp3) is 0.562. The van der Waals surface area contributed by atoms with Crippen LogP contribution in [0.1, 0.15) is 38.3 Å². The number of rotatable bonds is 5. The van der Waals surface area contributed by atoms with Gasteiger partial charge in [-0.25, -0.2) is 0 Å². The van der Waals surface area contributed by atoms with E-state index in [1.807, 2.05) is 23.1 Å². The molecular weight excluding hydrogens is 318 g/mol. The van der Waals surface area contributed by atoms with Gasteiger partial charge in [0.15, 0.2) is 0 Å². The molecule has 0 saturated carbocycles. The molecule has 1 aliphatic heterocycles. The summed E-state index contributed by atoms with van der Waals surface area (Å²) in [6.45, 7) is 6.28. The molecule has 110 valence electrons. The molecule has 2 rings (SSSR count). The maximum absolute atomic E-state index is 12.7. The van der Waals surface area contributed by atoms with Gasteiger partial charge in [-0.05, 0) is 31.4 Å². The van der Waals surface area contributed by atoms with Gasteiger partial charge in [0, 0.05) is 17.6 Å². The minimum atomic E-state index is 0.0338. The van der Waals surface area contributed by atoms with E-state index in [1.165, 1.54) is 0 Å². The van der Waals surface area contributed by atoms with Crippen molar-refractivity contribution in [3.63, 3.8) is 0 Å². The van der Waals surface area contributed by atoms with Crippen molar-refractivity contribution in [3.8, 4) is 0 Å². The normalized spacial score (nSPS) is 19.9. The molecule has 1 aromatic rings. The number of hydrogen-bond donors (Lipinski definition) is 0. The number of hydrogen-bond acceptors (Lipinski definition) is 2. The van der Waals surface area contributed by atoms with Crippen LogP contribution in [0.3, 0.4) is 0 Å². The quantitative estimate of drug-likeness (QED) is 0.816. The highest BCUT2D eigenvalue weighted by molar-refractivity contribution is 9.10. The van der Waals surface area contributed by atoms with Gasteiger partial charge in [-0.3, -0.25) is 4.79 Å². The number of benzene rings is 1. The molecule has 2 unspecified atom stereocenters. The predicted octanol–water partition coefficient (Wildman–Crippen LogP) is 3.79. The molecule has 1 amide bonds. The van der Waals surface area contributed by atoms with E-state index in [2.05, 4.69) is 35.8 Å². The van der Waals surface area contributed by atoms with Crippen LogP contribution in [0.15, 0.2) is 28.7 Å². The average Bonchev–Trinajstić information content (AvgIpc) is 2.98. The van der Waals surface area contributed by atoms with Gasteiger partial charge in [-0.15, -0.1) is 0 Å². The molecule has 0 aliphatic carbocycles. The standard InChI is InChI=1S/C16H22BrNO2/c1-3-9-18(16(19)13-8-10-20-11-13)12(2)14-6-4-5-7-15(14)17/h4-7,12-13H,3,8-11H2,1-2H3. The minimum absolute atomic E-state index is 0.0338. The van der Waals surface area contributed by atoms with E-state index < -0.39 is 0 Å². The lowest BCUT2D eigenvalue weighted by Crippen LogP contribution is -2.39. The second-order valence-electron chi connectivity index (χ2n) is 5.29. The SMILES string of the molecule is CCCN(C(=O)C1CCOC1)C(C)c1ccccc1Br. The second-order valence-corrected chi connectivity index (χ2v) is 6.14. The fourth-order valence-corrected chi connectivity index (χ4v) is 3.30. The monoisotopic (exact) mass is 339 g/mol. The molecule has 1 aliphatic rings. The van der Waals surface area contributed by atoms with Crippen LogP contribution in [0.25, 0.3) is 0 Å². The van der Waals surface area contributed by atoms with Crippen molar-refractivity contribution in [2.45, 2.75) is 32.7 Å². The Morgan fingerprint density at radius 2 is 2.25 bits per heavy atom. The number of halogens is 1.